The number of hydrogen-bond donors (Lipinski definition) is 1. The highest BCUT2D eigenvalue weighted by atomic mass is 15.3. The van der Waals surface area contributed by atoms with E-state index in [2.05, 4.69) is 39.9 Å². The van der Waals surface area contributed by atoms with Gasteiger partial charge in [-0.05, 0) is 51.4 Å². The number of aromatic nitrogens is 2. The summed E-state index contributed by atoms with van der Waals surface area (Å²) in [6.45, 7) is 11.1. The first-order chi connectivity index (χ1) is 8.83. The molecule has 18 heavy (non-hydrogen) atoms. The monoisotopic (exact) mass is 250 g/mol. The first-order valence-electron chi connectivity index (χ1n) is 7.27. The van der Waals surface area contributed by atoms with Gasteiger partial charge in [0, 0.05) is 25.8 Å². The van der Waals surface area contributed by atoms with Gasteiger partial charge in [-0.1, -0.05) is 6.92 Å². The van der Waals surface area contributed by atoms with Crippen molar-refractivity contribution in [2.45, 2.75) is 39.8 Å². The molecule has 4 nitrogen and oxygen atoms in total. The summed E-state index contributed by atoms with van der Waals surface area (Å²) in [7, 11) is 0. The van der Waals surface area contributed by atoms with E-state index in [-0.39, 0.29) is 0 Å². The molecule has 0 bridgehead atoms. The molecule has 0 aromatic carbocycles. The fourth-order valence-electron chi connectivity index (χ4n) is 2.74. The molecule has 0 aliphatic carbocycles. The van der Waals surface area contributed by atoms with Crippen molar-refractivity contribution in [3.63, 3.8) is 0 Å². The van der Waals surface area contributed by atoms with Crippen LogP contribution in [0.5, 0.6) is 0 Å². The molecule has 0 amide bonds. The molecular formula is C14H26N4. The molecule has 0 radical (unpaired) electrons. The molecule has 1 fully saturated rings. The molecular weight excluding hydrogens is 224 g/mol. The minimum absolute atomic E-state index is 0.865. The van der Waals surface area contributed by atoms with Gasteiger partial charge in [-0.15, -0.1) is 0 Å². The minimum Gasteiger partial charge on any atom is -0.317 e. The van der Waals surface area contributed by atoms with Crippen LogP contribution < -0.4 is 5.32 Å². The van der Waals surface area contributed by atoms with E-state index in [1.165, 1.54) is 38.2 Å². The van der Waals surface area contributed by atoms with E-state index in [0.29, 0.717) is 0 Å². The molecule has 1 aromatic rings. The van der Waals surface area contributed by atoms with E-state index in [4.69, 9.17) is 0 Å². The lowest BCUT2D eigenvalue weighted by Crippen LogP contribution is -2.36. The minimum atomic E-state index is 0.865. The van der Waals surface area contributed by atoms with E-state index in [1.807, 2.05) is 6.20 Å². The van der Waals surface area contributed by atoms with Gasteiger partial charge in [0.2, 0.25) is 0 Å². The largest absolute Gasteiger partial charge is 0.317 e. The Labute approximate surface area is 110 Å². The van der Waals surface area contributed by atoms with E-state index >= 15 is 0 Å². The Bertz CT molecular complexity index is 341. The Balaban J connectivity index is 1.88. The number of nitrogens with one attached hydrogen (secondary N) is 1. The first kappa shape index (κ1) is 13.6. The molecule has 1 saturated heterocycles. The molecule has 2 rings (SSSR count). The topological polar surface area (TPSA) is 33.1 Å². The zero-order chi connectivity index (χ0) is 12.8. The van der Waals surface area contributed by atoms with Crippen LogP contribution in [-0.2, 0) is 13.1 Å². The summed E-state index contributed by atoms with van der Waals surface area (Å²) in [6.07, 6.45) is 4.56. The second-order valence-corrected chi connectivity index (χ2v) is 5.16. The van der Waals surface area contributed by atoms with Crippen LogP contribution in [0.2, 0.25) is 0 Å². The van der Waals surface area contributed by atoms with Gasteiger partial charge in [-0.25, -0.2) is 0 Å². The average Bonchev–Trinajstić information content (AvgIpc) is 2.86. The Morgan fingerprint density at radius 1 is 1.39 bits per heavy atom. The number of aryl methyl sites for hydroxylation is 1. The van der Waals surface area contributed by atoms with Crippen LogP contribution in [-0.4, -0.2) is 40.9 Å². The fraction of sp³-hybridized carbons (Fsp3) is 0.786. The van der Waals surface area contributed by atoms with Gasteiger partial charge in [0.1, 0.15) is 0 Å². The third-order valence-electron chi connectivity index (χ3n) is 3.91. The van der Waals surface area contributed by atoms with Crippen molar-refractivity contribution in [2.24, 2.45) is 5.92 Å². The predicted octanol–water partition coefficient (Wildman–Crippen LogP) is 1.72. The molecule has 0 saturated carbocycles. The zero-order valence-electron chi connectivity index (χ0n) is 11.7. The summed E-state index contributed by atoms with van der Waals surface area (Å²) in [5.41, 5.74) is 1.34. The van der Waals surface area contributed by atoms with Crippen LogP contribution in [0.15, 0.2) is 12.3 Å². The normalized spacial score (nSPS) is 17.5. The van der Waals surface area contributed by atoms with Gasteiger partial charge in [-0.3, -0.25) is 9.58 Å². The second kappa shape index (κ2) is 6.90. The Kier molecular flexibility index (Phi) is 5.20. The quantitative estimate of drug-likeness (QED) is 0.834. The summed E-state index contributed by atoms with van der Waals surface area (Å²) >= 11 is 0. The average molecular weight is 250 g/mol. The number of piperidine rings is 1. The summed E-state index contributed by atoms with van der Waals surface area (Å²) in [6, 6.07) is 2.15. The van der Waals surface area contributed by atoms with Gasteiger partial charge < -0.3 is 5.32 Å². The second-order valence-electron chi connectivity index (χ2n) is 5.16. The van der Waals surface area contributed by atoms with Crippen molar-refractivity contribution in [3.8, 4) is 0 Å². The van der Waals surface area contributed by atoms with Crippen molar-refractivity contribution in [1.29, 1.82) is 0 Å². The standard InChI is InChI=1S/C14H26N4/c1-3-17(11-13-5-8-15-9-6-13)12-14-7-10-16-18(14)4-2/h7,10,13,15H,3-6,8-9,11-12H2,1-2H3. The maximum absolute atomic E-state index is 4.35. The Morgan fingerprint density at radius 2 is 2.17 bits per heavy atom. The summed E-state index contributed by atoms with van der Waals surface area (Å²) in [4.78, 5) is 2.55. The van der Waals surface area contributed by atoms with Crippen molar-refractivity contribution >= 4 is 0 Å². The first-order valence-corrected chi connectivity index (χ1v) is 7.27. The highest BCUT2D eigenvalue weighted by Crippen LogP contribution is 2.15. The van der Waals surface area contributed by atoms with Crippen LogP contribution >= 0.6 is 0 Å². The van der Waals surface area contributed by atoms with Gasteiger partial charge in [-0.2, -0.15) is 5.10 Å². The highest BCUT2D eigenvalue weighted by molar-refractivity contribution is 5.00. The van der Waals surface area contributed by atoms with Crippen LogP contribution in [0, 0.1) is 5.92 Å². The maximum Gasteiger partial charge on any atom is 0.0524 e. The molecule has 1 aliphatic heterocycles. The Hall–Kier alpha value is -0.870. The predicted molar refractivity (Wildman–Crippen MR) is 74.4 cm³/mol. The van der Waals surface area contributed by atoms with Gasteiger partial charge >= 0.3 is 0 Å². The lowest BCUT2D eigenvalue weighted by molar-refractivity contribution is 0.202. The number of nitrogens with zero attached hydrogens (tertiary/aromatic N) is 3. The molecule has 1 aliphatic rings. The molecule has 1 N–H and O–H groups in total. The third kappa shape index (κ3) is 3.56. The highest BCUT2D eigenvalue weighted by Gasteiger charge is 2.17. The van der Waals surface area contributed by atoms with Crippen molar-refractivity contribution in [2.75, 3.05) is 26.2 Å². The summed E-state index contributed by atoms with van der Waals surface area (Å²) < 4.78 is 2.10. The molecule has 0 atom stereocenters. The van der Waals surface area contributed by atoms with Crippen molar-refractivity contribution in [3.05, 3.63) is 18.0 Å². The van der Waals surface area contributed by atoms with Gasteiger partial charge in [0.15, 0.2) is 0 Å². The van der Waals surface area contributed by atoms with Crippen molar-refractivity contribution < 1.29 is 0 Å². The molecule has 102 valence electrons. The maximum atomic E-state index is 4.35. The lowest BCUT2D eigenvalue weighted by Gasteiger charge is -2.29. The number of hydrogen-bond acceptors (Lipinski definition) is 3. The molecule has 2 heterocycles. The van der Waals surface area contributed by atoms with Gasteiger partial charge in [0.05, 0.1) is 5.69 Å². The van der Waals surface area contributed by atoms with Crippen molar-refractivity contribution in [1.82, 2.24) is 20.0 Å². The molecule has 4 heteroatoms. The lowest BCUT2D eigenvalue weighted by atomic mass is 9.97. The van der Waals surface area contributed by atoms with E-state index in [9.17, 15) is 0 Å². The van der Waals surface area contributed by atoms with E-state index < -0.39 is 0 Å². The molecule has 0 unspecified atom stereocenters. The SMILES string of the molecule is CCN(Cc1ccnn1CC)CC1CCNCC1. The van der Waals surface area contributed by atoms with Crippen LogP contribution in [0.3, 0.4) is 0 Å². The summed E-state index contributed by atoms with van der Waals surface area (Å²) in [5.74, 6) is 0.865. The van der Waals surface area contributed by atoms with Gasteiger partial charge in [0.25, 0.3) is 0 Å². The van der Waals surface area contributed by atoms with Crippen LogP contribution in [0.4, 0.5) is 0 Å². The summed E-state index contributed by atoms with van der Waals surface area (Å²) in [5, 5.41) is 7.79. The third-order valence-corrected chi connectivity index (χ3v) is 3.91. The fourth-order valence-corrected chi connectivity index (χ4v) is 2.74. The van der Waals surface area contributed by atoms with Crippen LogP contribution in [0.1, 0.15) is 32.4 Å². The Morgan fingerprint density at radius 3 is 2.83 bits per heavy atom. The smallest absolute Gasteiger partial charge is 0.0524 e. The van der Waals surface area contributed by atoms with E-state index in [1.54, 1.807) is 0 Å². The molecule has 1 aromatic heterocycles. The van der Waals surface area contributed by atoms with E-state index in [0.717, 1.165) is 25.6 Å². The number of rotatable bonds is 6. The zero-order valence-corrected chi connectivity index (χ0v) is 11.7. The van der Waals surface area contributed by atoms with Crippen LogP contribution in [0.25, 0.3) is 0 Å². The molecule has 0 spiro atoms.